The van der Waals surface area contributed by atoms with E-state index in [0.717, 1.165) is 35.5 Å². The fraction of sp³-hybridized carbons (Fsp3) is 0.381. The summed E-state index contributed by atoms with van der Waals surface area (Å²) < 4.78 is 5.99. The third-order valence-electron chi connectivity index (χ3n) is 5.46. The van der Waals surface area contributed by atoms with Gasteiger partial charge in [-0.25, -0.2) is 0 Å². The molecular formula is C21H23NO3. The molecular weight excluding hydrogens is 314 g/mol. The summed E-state index contributed by atoms with van der Waals surface area (Å²) in [5.41, 5.74) is 1.87. The molecule has 4 rings (SSSR count). The van der Waals surface area contributed by atoms with E-state index < -0.39 is 0 Å². The van der Waals surface area contributed by atoms with E-state index in [-0.39, 0.29) is 17.9 Å². The van der Waals surface area contributed by atoms with E-state index in [1.54, 1.807) is 0 Å². The Balaban J connectivity index is 1.65. The average molecular weight is 337 g/mol. The number of rotatable bonds is 2. The van der Waals surface area contributed by atoms with Gasteiger partial charge in [0.1, 0.15) is 11.5 Å². The molecule has 4 nitrogen and oxygen atoms in total. The minimum Gasteiger partial charge on any atom is -0.457 e. The predicted molar refractivity (Wildman–Crippen MR) is 95.8 cm³/mol. The van der Waals surface area contributed by atoms with Gasteiger partial charge in [-0.15, -0.1) is 0 Å². The number of fused-ring (bicyclic) bond motifs is 2. The molecule has 0 radical (unpaired) electrons. The highest BCUT2D eigenvalue weighted by atomic mass is 16.5. The highest BCUT2D eigenvalue weighted by molar-refractivity contribution is 5.89. The van der Waals surface area contributed by atoms with Crippen LogP contribution < -0.4 is 4.74 Å². The van der Waals surface area contributed by atoms with Crippen LogP contribution in [-0.4, -0.2) is 35.1 Å². The summed E-state index contributed by atoms with van der Waals surface area (Å²) in [4.78, 5) is 15.3. The zero-order valence-electron chi connectivity index (χ0n) is 14.4. The van der Waals surface area contributed by atoms with Crippen molar-refractivity contribution in [2.24, 2.45) is 5.92 Å². The minimum atomic E-state index is -0.316. The fourth-order valence-electron chi connectivity index (χ4n) is 3.96. The Hall–Kier alpha value is -2.33. The van der Waals surface area contributed by atoms with E-state index in [0.29, 0.717) is 19.0 Å². The van der Waals surface area contributed by atoms with Crippen molar-refractivity contribution in [2.45, 2.75) is 31.8 Å². The molecule has 1 amide bonds. The fourth-order valence-corrected chi connectivity index (χ4v) is 3.96. The summed E-state index contributed by atoms with van der Waals surface area (Å²) in [5, 5.41) is 9.79. The Bertz CT molecular complexity index is 733. The summed E-state index contributed by atoms with van der Waals surface area (Å²) in [7, 11) is 0. The van der Waals surface area contributed by atoms with Crippen LogP contribution in [0.2, 0.25) is 0 Å². The van der Waals surface area contributed by atoms with Gasteiger partial charge in [-0.2, -0.15) is 0 Å². The summed E-state index contributed by atoms with van der Waals surface area (Å²) in [5.74, 6) is 1.63. The van der Waals surface area contributed by atoms with Gasteiger partial charge in [0.25, 0.3) is 0 Å². The van der Waals surface area contributed by atoms with Gasteiger partial charge in [-0.1, -0.05) is 36.4 Å². The van der Waals surface area contributed by atoms with Gasteiger partial charge in [-0.05, 0) is 37.8 Å². The summed E-state index contributed by atoms with van der Waals surface area (Å²) in [6, 6.07) is 15.6. The maximum Gasteiger partial charge on any atom is 0.234 e. The van der Waals surface area contributed by atoms with Crippen LogP contribution in [0.4, 0.5) is 0 Å². The highest BCUT2D eigenvalue weighted by Crippen LogP contribution is 2.44. The van der Waals surface area contributed by atoms with Crippen molar-refractivity contribution in [2.75, 3.05) is 13.1 Å². The second-order valence-corrected chi connectivity index (χ2v) is 7.01. The van der Waals surface area contributed by atoms with Crippen LogP contribution in [0.25, 0.3) is 0 Å². The zero-order chi connectivity index (χ0) is 17.4. The van der Waals surface area contributed by atoms with Crippen molar-refractivity contribution in [1.82, 2.24) is 4.90 Å². The second kappa shape index (κ2) is 6.52. The highest BCUT2D eigenvalue weighted by Gasteiger charge is 2.36. The summed E-state index contributed by atoms with van der Waals surface area (Å²) in [6.07, 6.45) is 1.41. The molecule has 1 saturated heterocycles. The van der Waals surface area contributed by atoms with Crippen LogP contribution >= 0.6 is 0 Å². The molecule has 0 aliphatic carbocycles. The number of likely N-dealkylation sites (tertiary alicyclic amines) is 1. The lowest BCUT2D eigenvalue weighted by Gasteiger charge is -2.37. The Labute approximate surface area is 148 Å². The number of amides is 1. The summed E-state index contributed by atoms with van der Waals surface area (Å²) >= 11 is 0. The smallest absolute Gasteiger partial charge is 0.234 e. The first-order valence-corrected chi connectivity index (χ1v) is 8.97. The van der Waals surface area contributed by atoms with Gasteiger partial charge < -0.3 is 14.7 Å². The van der Waals surface area contributed by atoms with Crippen molar-refractivity contribution < 1.29 is 14.6 Å². The molecule has 4 heteroatoms. The van der Waals surface area contributed by atoms with Gasteiger partial charge >= 0.3 is 0 Å². The molecule has 0 saturated carbocycles. The molecule has 2 aliphatic rings. The number of hydrogen-bond acceptors (Lipinski definition) is 3. The number of aliphatic hydroxyl groups excluding tert-OH is 1. The molecule has 0 aromatic heterocycles. The molecule has 25 heavy (non-hydrogen) atoms. The molecule has 2 aromatic carbocycles. The SMILES string of the molecule is CC(O)C1CCN(C(=O)C2c3ccccc3Oc3ccccc32)CC1. The van der Waals surface area contributed by atoms with E-state index in [9.17, 15) is 9.90 Å². The van der Waals surface area contributed by atoms with E-state index in [4.69, 9.17) is 4.74 Å². The van der Waals surface area contributed by atoms with E-state index in [1.807, 2.05) is 60.4 Å². The zero-order valence-corrected chi connectivity index (χ0v) is 14.4. The average Bonchev–Trinajstić information content (AvgIpc) is 2.65. The van der Waals surface area contributed by atoms with Crippen molar-refractivity contribution in [3.63, 3.8) is 0 Å². The van der Waals surface area contributed by atoms with Crippen molar-refractivity contribution >= 4 is 5.91 Å². The first-order chi connectivity index (χ1) is 12.1. The third kappa shape index (κ3) is 2.91. The Kier molecular flexibility index (Phi) is 4.22. The largest absolute Gasteiger partial charge is 0.457 e. The Morgan fingerprint density at radius 3 is 2.08 bits per heavy atom. The molecule has 1 atom stereocenters. The van der Waals surface area contributed by atoms with Crippen molar-refractivity contribution in [1.29, 1.82) is 0 Å². The molecule has 1 fully saturated rings. The van der Waals surface area contributed by atoms with E-state index in [1.165, 1.54) is 0 Å². The molecule has 2 aromatic rings. The maximum absolute atomic E-state index is 13.4. The van der Waals surface area contributed by atoms with Gasteiger partial charge in [0.2, 0.25) is 5.91 Å². The van der Waals surface area contributed by atoms with Crippen LogP contribution in [-0.2, 0) is 4.79 Å². The van der Waals surface area contributed by atoms with Gasteiger partial charge in [0.05, 0.1) is 12.0 Å². The molecule has 0 bridgehead atoms. The third-order valence-corrected chi connectivity index (χ3v) is 5.46. The number of ether oxygens (including phenoxy) is 1. The lowest BCUT2D eigenvalue weighted by atomic mass is 9.85. The van der Waals surface area contributed by atoms with Crippen LogP contribution in [0.5, 0.6) is 11.5 Å². The molecule has 0 spiro atoms. The predicted octanol–water partition coefficient (Wildman–Crippen LogP) is 3.54. The quantitative estimate of drug-likeness (QED) is 0.912. The number of nitrogens with zero attached hydrogens (tertiary/aromatic N) is 1. The first-order valence-electron chi connectivity index (χ1n) is 8.97. The normalized spacial score (nSPS) is 18.9. The lowest BCUT2D eigenvalue weighted by Crippen LogP contribution is -2.43. The Morgan fingerprint density at radius 2 is 1.56 bits per heavy atom. The number of para-hydroxylation sites is 2. The van der Waals surface area contributed by atoms with Crippen LogP contribution in [0.15, 0.2) is 48.5 Å². The van der Waals surface area contributed by atoms with E-state index in [2.05, 4.69) is 0 Å². The monoisotopic (exact) mass is 337 g/mol. The minimum absolute atomic E-state index is 0.132. The number of carbonyl (C=O) groups excluding carboxylic acids is 1. The molecule has 1 N–H and O–H groups in total. The maximum atomic E-state index is 13.4. The topological polar surface area (TPSA) is 49.8 Å². The van der Waals surface area contributed by atoms with Crippen molar-refractivity contribution in [3.8, 4) is 11.5 Å². The standard InChI is InChI=1S/C21H23NO3/c1-14(23)15-10-12-22(13-11-15)21(24)20-16-6-2-4-8-18(16)25-19-9-5-3-7-17(19)20/h2-9,14-15,20,23H,10-13H2,1H3. The van der Waals surface area contributed by atoms with Gasteiger partial charge in [0, 0.05) is 24.2 Å². The summed E-state index contributed by atoms with van der Waals surface area (Å²) in [6.45, 7) is 3.25. The van der Waals surface area contributed by atoms with Gasteiger partial charge in [0.15, 0.2) is 0 Å². The van der Waals surface area contributed by atoms with Gasteiger partial charge in [-0.3, -0.25) is 4.79 Å². The number of benzene rings is 2. The Morgan fingerprint density at radius 1 is 1.04 bits per heavy atom. The van der Waals surface area contributed by atoms with Crippen molar-refractivity contribution in [3.05, 3.63) is 59.7 Å². The second-order valence-electron chi connectivity index (χ2n) is 7.01. The number of piperidine rings is 1. The van der Waals surface area contributed by atoms with Crippen LogP contribution in [0.1, 0.15) is 36.8 Å². The van der Waals surface area contributed by atoms with E-state index >= 15 is 0 Å². The molecule has 2 heterocycles. The molecule has 1 unspecified atom stereocenters. The first kappa shape index (κ1) is 16.2. The lowest BCUT2D eigenvalue weighted by molar-refractivity contribution is -0.134. The number of carbonyl (C=O) groups is 1. The molecule has 130 valence electrons. The number of hydrogen-bond donors (Lipinski definition) is 1. The van der Waals surface area contributed by atoms with Crippen LogP contribution in [0.3, 0.4) is 0 Å². The number of aliphatic hydroxyl groups is 1. The van der Waals surface area contributed by atoms with Crippen LogP contribution in [0, 0.1) is 5.92 Å². The molecule has 2 aliphatic heterocycles.